The molecule has 0 aromatic heterocycles. The topological polar surface area (TPSA) is 86.8 Å². The van der Waals surface area contributed by atoms with Crippen molar-refractivity contribution < 1.29 is 23.6 Å². The molecule has 1 N–H and O–H groups in total. The predicted molar refractivity (Wildman–Crippen MR) is 84.4 cm³/mol. The van der Waals surface area contributed by atoms with Crippen LogP contribution in [0.15, 0.2) is 24.3 Å². The Hall–Kier alpha value is -2.77. The number of amides is 4. The van der Waals surface area contributed by atoms with Gasteiger partial charge in [0.15, 0.2) is 0 Å². The van der Waals surface area contributed by atoms with Crippen molar-refractivity contribution in [3.05, 3.63) is 35.6 Å². The fraction of sp³-hybridized carbons (Fsp3) is 0.412. The molecular weight excluding hydrogens is 329 g/mol. The molecule has 0 spiro atoms. The molecular formula is C17H18FN3O4. The normalized spacial score (nSPS) is 20.8. The first-order valence-corrected chi connectivity index (χ1v) is 8.14. The molecule has 2 saturated heterocycles. The number of nitrogens with one attached hydrogen (secondary N) is 1. The van der Waals surface area contributed by atoms with E-state index in [1.54, 1.807) is 6.07 Å². The van der Waals surface area contributed by atoms with E-state index in [1.165, 1.54) is 23.1 Å². The molecule has 4 amide bonds. The highest BCUT2D eigenvalue weighted by Crippen LogP contribution is 2.26. The van der Waals surface area contributed by atoms with Crippen LogP contribution in [-0.4, -0.2) is 53.1 Å². The third-order valence-electron chi connectivity index (χ3n) is 4.44. The maximum absolute atomic E-state index is 14.1. The molecule has 7 nitrogen and oxygen atoms in total. The summed E-state index contributed by atoms with van der Waals surface area (Å²) in [6, 6.07) is 4.77. The van der Waals surface area contributed by atoms with Crippen molar-refractivity contribution in [1.82, 2.24) is 15.1 Å². The summed E-state index contributed by atoms with van der Waals surface area (Å²) in [4.78, 5) is 50.4. The summed E-state index contributed by atoms with van der Waals surface area (Å²) in [5.41, 5.74) is 0.126. The van der Waals surface area contributed by atoms with E-state index in [0.29, 0.717) is 0 Å². The molecule has 3 rings (SSSR count). The summed E-state index contributed by atoms with van der Waals surface area (Å²) in [6.45, 7) is 0.501. The van der Waals surface area contributed by atoms with Crippen LogP contribution in [0.5, 0.6) is 0 Å². The molecule has 8 heteroatoms. The molecule has 0 unspecified atom stereocenters. The zero-order chi connectivity index (χ0) is 18.0. The van der Waals surface area contributed by atoms with E-state index in [0.717, 1.165) is 4.90 Å². The van der Waals surface area contributed by atoms with Gasteiger partial charge in [-0.1, -0.05) is 18.2 Å². The van der Waals surface area contributed by atoms with Gasteiger partial charge in [-0.25, -0.2) is 4.39 Å². The van der Waals surface area contributed by atoms with Crippen LogP contribution >= 0.6 is 0 Å². The molecule has 25 heavy (non-hydrogen) atoms. The fourth-order valence-electron chi connectivity index (χ4n) is 3.16. The first-order valence-electron chi connectivity index (χ1n) is 8.14. The summed E-state index contributed by atoms with van der Waals surface area (Å²) in [5, 5.41) is 2.64. The van der Waals surface area contributed by atoms with E-state index in [9.17, 15) is 23.6 Å². The lowest BCUT2D eigenvalue weighted by Gasteiger charge is -2.35. The van der Waals surface area contributed by atoms with Crippen molar-refractivity contribution in [2.45, 2.75) is 25.3 Å². The zero-order valence-corrected chi connectivity index (χ0v) is 13.5. The number of piperazine rings is 1. The van der Waals surface area contributed by atoms with Gasteiger partial charge in [-0.3, -0.25) is 24.1 Å². The maximum Gasteiger partial charge on any atom is 0.247 e. The van der Waals surface area contributed by atoms with E-state index >= 15 is 0 Å². The maximum atomic E-state index is 14.1. The number of rotatable bonds is 4. The second-order valence-electron chi connectivity index (χ2n) is 5.99. The molecule has 2 fully saturated rings. The van der Waals surface area contributed by atoms with Crippen LogP contribution in [0.1, 0.15) is 30.9 Å². The number of benzene rings is 1. The van der Waals surface area contributed by atoms with Crippen LogP contribution in [0.3, 0.4) is 0 Å². The van der Waals surface area contributed by atoms with Crippen LogP contribution in [-0.2, 0) is 19.2 Å². The summed E-state index contributed by atoms with van der Waals surface area (Å²) >= 11 is 0. The van der Waals surface area contributed by atoms with Crippen molar-refractivity contribution in [3.8, 4) is 0 Å². The van der Waals surface area contributed by atoms with Gasteiger partial charge in [-0.15, -0.1) is 0 Å². The van der Waals surface area contributed by atoms with E-state index in [4.69, 9.17) is 0 Å². The van der Waals surface area contributed by atoms with Gasteiger partial charge < -0.3 is 10.2 Å². The number of likely N-dealkylation sites (tertiary alicyclic amines) is 1. The summed E-state index contributed by atoms with van der Waals surface area (Å²) in [7, 11) is 0. The highest BCUT2D eigenvalue weighted by atomic mass is 19.1. The summed E-state index contributed by atoms with van der Waals surface area (Å²) in [5.74, 6) is -1.99. The van der Waals surface area contributed by atoms with E-state index in [1.807, 2.05) is 0 Å². The Kier molecular flexibility index (Phi) is 4.78. The number of carbonyl (C=O) groups excluding carboxylic acids is 4. The number of carbonyl (C=O) groups is 4. The first-order chi connectivity index (χ1) is 12.0. The van der Waals surface area contributed by atoms with Gasteiger partial charge in [-0.05, 0) is 6.07 Å². The Balaban J connectivity index is 1.75. The third-order valence-corrected chi connectivity index (χ3v) is 4.44. The Morgan fingerprint density at radius 3 is 2.52 bits per heavy atom. The quantitative estimate of drug-likeness (QED) is 0.797. The smallest absolute Gasteiger partial charge is 0.247 e. The van der Waals surface area contributed by atoms with Crippen molar-refractivity contribution in [1.29, 1.82) is 0 Å². The lowest BCUT2D eigenvalue weighted by molar-refractivity contribution is -0.145. The van der Waals surface area contributed by atoms with E-state index < -0.39 is 23.7 Å². The van der Waals surface area contributed by atoms with Gasteiger partial charge in [-0.2, -0.15) is 0 Å². The van der Waals surface area contributed by atoms with Gasteiger partial charge in [0.1, 0.15) is 11.9 Å². The Labute approximate surface area is 143 Å². The third kappa shape index (κ3) is 3.38. The molecule has 132 valence electrons. The van der Waals surface area contributed by atoms with Gasteiger partial charge in [0.05, 0.1) is 0 Å². The largest absolute Gasteiger partial charge is 0.352 e. The van der Waals surface area contributed by atoms with Crippen LogP contribution < -0.4 is 5.32 Å². The molecule has 2 aliphatic heterocycles. The Bertz CT molecular complexity index is 720. The highest BCUT2D eigenvalue weighted by Gasteiger charge is 2.36. The summed E-state index contributed by atoms with van der Waals surface area (Å²) in [6.07, 6.45) is 0.240. The second kappa shape index (κ2) is 7.00. The van der Waals surface area contributed by atoms with Gasteiger partial charge in [0.2, 0.25) is 23.6 Å². The van der Waals surface area contributed by atoms with Crippen molar-refractivity contribution >= 4 is 23.6 Å². The standard InChI is InChI=1S/C17H18FN3O4/c18-12-4-2-1-3-11(12)16-17(25)19-8-10-21(16)15(24)7-9-20-13(22)5-6-14(20)23/h1-4,16H,5-10H2,(H,19,25)/t16-/m1/s1. The zero-order valence-electron chi connectivity index (χ0n) is 13.5. The minimum Gasteiger partial charge on any atom is -0.352 e. The number of hydrogen-bond donors (Lipinski definition) is 1. The van der Waals surface area contributed by atoms with Crippen molar-refractivity contribution in [3.63, 3.8) is 0 Å². The van der Waals surface area contributed by atoms with Crippen molar-refractivity contribution in [2.75, 3.05) is 19.6 Å². The number of halogens is 1. The van der Waals surface area contributed by atoms with E-state index in [2.05, 4.69) is 5.32 Å². The molecule has 0 aliphatic carbocycles. The van der Waals surface area contributed by atoms with Gasteiger partial charge in [0, 0.05) is 44.5 Å². The van der Waals surface area contributed by atoms with E-state index in [-0.39, 0.29) is 56.3 Å². The van der Waals surface area contributed by atoms with Gasteiger partial charge >= 0.3 is 0 Å². The average Bonchev–Trinajstić information content (AvgIpc) is 2.91. The summed E-state index contributed by atoms with van der Waals surface area (Å²) < 4.78 is 14.1. The highest BCUT2D eigenvalue weighted by molar-refractivity contribution is 6.02. The van der Waals surface area contributed by atoms with Crippen LogP contribution in [0.4, 0.5) is 4.39 Å². The lowest BCUT2D eigenvalue weighted by atomic mass is 10.0. The van der Waals surface area contributed by atoms with Crippen LogP contribution in [0, 0.1) is 5.82 Å². The minimum absolute atomic E-state index is 0.0153. The molecule has 0 radical (unpaired) electrons. The van der Waals surface area contributed by atoms with Crippen LogP contribution in [0.25, 0.3) is 0 Å². The first kappa shape index (κ1) is 17.1. The predicted octanol–water partition coefficient (Wildman–Crippen LogP) is 0.364. The molecule has 1 aromatic rings. The molecule has 2 aliphatic rings. The number of hydrogen-bond acceptors (Lipinski definition) is 4. The Morgan fingerprint density at radius 2 is 1.84 bits per heavy atom. The molecule has 1 atom stereocenters. The number of nitrogens with zero attached hydrogens (tertiary/aromatic N) is 2. The number of imide groups is 1. The monoisotopic (exact) mass is 347 g/mol. The molecule has 0 bridgehead atoms. The fourth-order valence-corrected chi connectivity index (χ4v) is 3.16. The lowest BCUT2D eigenvalue weighted by Crippen LogP contribution is -2.52. The van der Waals surface area contributed by atoms with Gasteiger partial charge in [0.25, 0.3) is 0 Å². The molecule has 2 heterocycles. The average molecular weight is 347 g/mol. The van der Waals surface area contributed by atoms with Crippen molar-refractivity contribution in [2.24, 2.45) is 0 Å². The Morgan fingerprint density at radius 1 is 1.16 bits per heavy atom. The molecule has 1 aromatic carbocycles. The molecule has 0 saturated carbocycles. The SMILES string of the molecule is O=C1NCCN(C(=O)CCN2C(=O)CCC2=O)[C@@H]1c1ccccc1F. The minimum atomic E-state index is -1.05. The second-order valence-corrected chi connectivity index (χ2v) is 5.99. The van der Waals surface area contributed by atoms with Crippen LogP contribution in [0.2, 0.25) is 0 Å².